The van der Waals surface area contributed by atoms with Crippen molar-refractivity contribution in [1.29, 1.82) is 0 Å². The van der Waals surface area contributed by atoms with Gasteiger partial charge in [-0.05, 0) is 37.5 Å². The first-order valence-corrected chi connectivity index (χ1v) is 11.0. The van der Waals surface area contributed by atoms with Crippen molar-refractivity contribution in [2.24, 2.45) is 0 Å². The van der Waals surface area contributed by atoms with E-state index in [1.165, 1.54) is 6.07 Å². The van der Waals surface area contributed by atoms with Gasteiger partial charge in [-0.1, -0.05) is 31.0 Å². The number of unbranched alkanes of at least 4 members (excludes halogenated alkanes) is 1. The van der Waals surface area contributed by atoms with Crippen molar-refractivity contribution in [2.45, 2.75) is 38.5 Å². The lowest BCUT2D eigenvalue weighted by Crippen LogP contribution is -2.33. The average Bonchev–Trinajstić information content (AvgIpc) is 3.37. The van der Waals surface area contributed by atoms with Crippen LogP contribution in [0.1, 0.15) is 43.5 Å². The average molecular weight is 464 g/mol. The third-order valence-corrected chi connectivity index (χ3v) is 6.39. The Morgan fingerprint density at radius 3 is 2.85 bits per heavy atom. The van der Waals surface area contributed by atoms with E-state index >= 15 is 0 Å². The topological polar surface area (TPSA) is 131 Å². The molecule has 4 aromatic rings. The summed E-state index contributed by atoms with van der Waals surface area (Å²) < 4.78 is 1.89. The van der Waals surface area contributed by atoms with Crippen LogP contribution in [-0.4, -0.2) is 35.4 Å². The highest BCUT2D eigenvalue weighted by Gasteiger charge is 2.47. The van der Waals surface area contributed by atoms with Crippen LogP contribution in [0.4, 0.5) is 11.6 Å². The van der Waals surface area contributed by atoms with Gasteiger partial charge in [0.1, 0.15) is 28.5 Å². The second-order valence-electron chi connectivity index (χ2n) is 8.24. The molecule has 10 heteroatoms. The van der Waals surface area contributed by atoms with Crippen LogP contribution in [0, 0.1) is 0 Å². The fraction of sp³-hybridized carbons (Fsp3) is 0.261. The number of carbonyl (C=O) groups excluding carboxylic acids is 1. The quantitative estimate of drug-likeness (QED) is 0.411. The molecule has 5 rings (SSSR count). The van der Waals surface area contributed by atoms with Gasteiger partial charge in [0.15, 0.2) is 11.5 Å². The zero-order valence-corrected chi connectivity index (χ0v) is 18.9. The number of phenolic OH excluding ortho intramolecular Hbond substituents is 1. The van der Waals surface area contributed by atoms with Crippen molar-refractivity contribution in [3.05, 3.63) is 58.6 Å². The molecule has 168 valence electrons. The van der Waals surface area contributed by atoms with Gasteiger partial charge in [0.05, 0.1) is 16.3 Å². The summed E-state index contributed by atoms with van der Waals surface area (Å²) in [4.78, 5) is 31.4. The molecular weight excluding hydrogens is 442 g/mol. The normalized spacial score (nSPS) is 17.4. The number of carbonyl (C=O) groups is 1. The first-order chi connectivity index (χ1) is 15.8. The summed E-state index contributed by atoms with van der Waals surface area (Å²) in [5.41, 5.74) is 8.46. The number of hydrogen-bond acceptors (Lipinski definition) is 7. The Kier molecular flexibility index (Phi) is 4.93. The molecule has 1 atom stereocenters. The van der Waals surface area contributed by atoms with Gasteiger partial charge >= 0.3 is 0 Å². The summed E-state index contributed by atoms with van der Waals surface area (Å²) in [5, 5.41) is 12.8. The van der Waals surface area contributed by atoms with Crippen LogP contribution in [-0.2, 0) is 16.6 Å². The number of anilines is 2. The van der Waals surface area contributed by atoms with Gasteiger partial charge in [-0.2, -0.15) is 0 Å². The summed E-state index contributed by atoms with van der Waals surface area (Å²) in [6.07, 6.45) is 8.17. The summed E-state index contributed by atoms with van der Waals surface area (Å²) in [6.45, 7) is 3.85. The minimum absolute atomic E-state index is 0.0675. The number of rotatable bonds is 5. The number of nitrogens with zero attached hydrogens (tertiary/aromatic N) is 5. The molecule has 1 unspecified atom stereocenters. The highest BCUT2D eigenvalue weighted by atomic mass is 35.5. The molecule has 0 saturated heterocycles. The fourth-order valence-electron chi connectivity index (χ4n) is 4.23. The summed E-state index contributed by atoms with van der Waals surface area (Å²) in [6, 6.07) is 4.63. The zero-order valence-electron chi connectivity index (χ0n) is 18.1. The van der Waals surface area contributed by atoms with Gasteiger partial charge in [-0.15, -0.1) is 0 Å². The third kappa shape index (κ3) is 3.27. The van der Waals surface area contributed by atoms with Crippen molar-refractivity contribution < 1.29 is 9.90 Å². The van der Waals surface area contributed by atoms with Crippen molar-refractivity contribution >= 4 is 34.8 Å². The number of nitrogens with one attached hydrogen (secondary N) is 1. The minimum atomic E-state index is -1.16. The summed E-state index contributed by atoms with van der Waals surface area (Å²) >= 11 is 6.10. The number of phenols is 1. The van der Waals surface area contributed by atoms with E-state index in [2.05, 4.69) is 27.2 Å². The van der Waals surface area contributed by atoms with Gasteiger partial charge in [-0.3, -0.25) is 4.79 Å². The second-order valence-corrected chi connectivity index (χ2v) is 8.64. The first-order valence-electron chi connectivity index (χ1n) is 10.6. The largest absolute Gasteiger partial charge is 0.506 e. The van der Waals surface area contributed by atoms with E-state index < -0.39 is 5.41 Å². The Morgan fingerprint density at radius 1 is 1.27 bits per heavy atom. The highest BCUT2D eigenvalue weighted by molar-refractivity contribution is 6.32. The molecule has 3 aromatic heterocycles. The standard InChI is InChI=1S/C23H22ClN7O2/c1-3-4-5-14-21-26-8-9-31(21)11-15(27-14)19-28-18(25)17-20(29-19)30-22(33)23(17,2)12-6-7-16(32)13(24)10-12/h6-11,32H,3-5H2,1-2H3,(H3,25,28,29,30,33). The molecule has 1 aromatic carbocycles. The van der Waals surface area contributed by atoms with Crippen LogP contribution < -0.4 is 11.1 Å². The Balaban J connectivity index is 1.64. The van der Waals surface area contributed by atoms with Gasteiger partial charge < -0.3 is 20.6 Å². The summed E-state index contributed by atoms with van der Waals surface area (Å²) in [7, 11) is 0. The van der Waals surface area contributed by atoms with Crippen molar-refractivity contribution in [1.82, 2.24) is 24.3 Å². The van der Waals surface area contributed by atoms with Crippen LogP contribution in [0.2, 0.25) is 5.02 Å². The number of benzene rings is 1. The van der Waals surface area contributed by atoms with E-state index in [0.29, 0.717) is 28.5 Å². The Hall–Kier alpha value is -3.72. The number of amides is 1. The number of fused-ring (bicyclic) bond motifs is 2. The molecule has 33 heavy (non-hydrogen) atoms. The Labute approximate surface area is 194 Å². The maximum absolute atomic E-state index is 13.1. The molecule has 4 heterocycles. The van der Waals surface area contributed by atoms with Gasteiger partial charge in [-0.25, -0.2) is 19.9 Å². The Morgan fingerprint density at radius 2 is 2.09 bits per heavy atom. The van der Waals surface area contributed by atoms with E-state index in [-0.39, 0.29) is 22.5 Å². The SMILES string of the molecule is CCCCc1nc(-c2nc(N)c3c(n2)NC(=O)C3(C)c2ccc(O)c(Cl)c2)cn2ccnc12. The third-order valence-electron chi connectivity index (χ3n) is 6.09. The predicted molar refractivity (Wildman–Crippen MR) is 125 cm³/mol. The predicted octanol–water partition coefficient (Wildman–Crippen LogP) is 3.73. The fourth-order valence-corrected chi connectivity index (χ4v) is 4.41. The van der Waals surface area contributed by atoms with E-state index in [4.69, 9.17) is 22.3 Å². The van der Waals surface area contributed by atoms with Crippen LogP contribution in [0.15, 0.2) is 36.8 Å². The van der Waals surface area contributed by atoms with E-state index in [1.807, 2.05) is 10.6 Å². The molecule has 1 amide bonds. The molecule has 0 radical (unpaired) electrons. The lowest BCUT2D eigenvalue weighted by molar-refractivity contribution is -0.119. The smallest absolute Gasteiger partial charge is 0.240 e. The maximum Gasteiger partial charge on any atom is 0.240 e. The van der Waals surface area contributed by atoms with E-state index in [0.717, 1.165) is 30.6 Å². The number of aromatic nitrogens is 5. The van der Waals surface area contributed by atoms with Crippen LogP contribution in [0.5, 0.6) is 5.75 Å². The molecule has 1 aliphatic rings. The lowest BCUT2D eigenvalue weighted by Gasteiger charge is -2.23. The lowest BCUT2D eigenvalue weighted by atomic mass is 9.77. The number of imidazole rings is 1. The monoisotopic (exact) mass is 463 g/mol. The molecule has 1 aliphatic heterocycles. The van der Waals surface area contributed by atoms with E-state index in [9.17, 15) is 9.90 Å². The Bertz CT molecular complexity index is 1420. The first kappa shape index (κ1) is 21.1. The van der Waals surface area contributed by atoms with Crippen molar-refractivity contribution in [3.63, 3.8) is 0 Å². The number of aromatic hydroxyl groups is 1. The van der Waals surface area contributed by atoms with Crippen LogP contribution >= 0.6 is 11.6 Å². The zero-order chi connectivity index (χ0) is 23.3. The molecule has 9 nitrogen and oxygen atoms in total. The van der Waals surface area contributed by atoms with Crippen LogP contribution in [0.25, 0.3) is 17.2 Å². The number of nitrogen functional groups attached to an aromatic ring is 1. The van der Waals surface area contributed by atoms with Gasteiger partial charge in [0, 0.05) is 18.6 Å². The molecule has 0 bridgehead atoms. The maximum atomic E-state index is 13.1. The molecule has 0 spiro atoms. The molecule has 4 N–H and O–H groups in total. The van der Waals surface area contributed by atoms with Gasteiger partial charge in [0.25, 0.3) is 0 Å². The van der Waals surface area contributed by atoms with Crippen molar-refractivity contribution in [2.75, 3.05) is 11.1 Å². The number of nitrogens with two attached hydrogens (primary N) is 1. The molecule has 0 aliphatic carbocycles. The molecule has 0 fully saturated rings. The number of halogens is 1. The van der Waals surface area contributed by atoms with Crippen molar-refractivity contribution in [3.8, 4) is 17.3 Å². The van der Waals surface area contributed by atoms with E-state index in [1.54, 1.807) is 31.5 Å². The highest BCUT2D eigenvalue weighted by Crippen LogP contribution is 2.46. The number of aryl methyl sites for hydroxylation is 1. The van der Waals surface area contributed by atoms with Crippen LogP contribution in [0.3, 0.4) is 0 Å². The second kappa shape index (κ2) is 7.70. The van der Waals surface area contributed by atoms with Gasteiger partial charge in [0.2, 0.25) is 5.91 Å². The number of hydrogen-bond donors (Lipinski definition) is 3. The molecular formula is C23H22ClN7O2. The molecule has 0 saturated carbocycles. The summed E-state index contributed by atoms with van der Waals surface area (Å²) in [5.74, 6) is 0.438. The minimum Gasteiger partial charge on any atom is -0.506 e.